The van der Waals surface area contributed by atoms with Gasteiger partial charge >= 0.3 is 0 Å². The van der Waals surface area contributed by atoms with Crippen LogP contribution >= 0.6 is 0 Å². The Bertz CT molecular complexity index is 97.2. The summed E-state index contributed by atoms with van der Waals surface area (Å²) in [6, 6.07) is 0. The summed E-state index contributed by atoms with van der Waals surface area (Å²) < 4.78 is 4.69. The first-order valence-electron chi connectivity index (χ1n) is 4.93. The maximum Gasteiger partial charge on any atom is 0.0700 e. The van der Waals surface area contributed by atoms with E-state index in [1.165, 1.54) is 32.1 Å². The predicted octanol–water partition coefficient (Wildman–Crippen LogP) is 3.71. The molecule has 1 heteroatoms. The third-order valence-electron chi connectivity index (χ3n) is 1.82. The minimum atomic E-state index is 0.742. The fourth-order valence-electron chi connectivity index (χ4n) is 1.08. The predicted molar refractivity (Wildman–Crippen MR) is 53.8 cm³/mol. The van der Waals surface area contributed by atoms with Crippen LogP contribution in [0.2, 0.25) is 0 Å². The highest BCUT2D eigenvalue weighted by atomic mass is 16.5. The molecule has 0 saturated carbocycles. The van der Waals surface area contributed by atoms with Gasteiger partial charge in [0.05, 0.1) is 13.7 Å². The molecule has 0 aliphatic heterocycles. The second-order valence-electron chi connectivity index (χ2n) is 3.02. The van der Waals surface area contributed by atoms with Gasteiger partial charge < -0.3 is 4.74 Å². The molecule has 0 unspecified atom stereocenters. The van der Waals surface area contributed by atoms with Crippen molar-refractivity contribution >= 4 is 0 Å². The SMILES string of the molecule is [CH2]OCC/C=C/CCCCCC. The molecule has 0 N–H and O–H groups in total. The Hall–Kier alpha value is -0.300. The normalized spacial score (nSPS) is 11.2. The van der Waals surface area contributed by atoms with Crippen molar-refractivity contribution in [2.24, 2.45) is 0 Å². The molecule has 0 aliphatic carbocycles. The molecule has 0 aromatic carbocycles. The Morgan fingerprint density at radius 1 is 1.08 bits per heavy atom. The van der Waals surface area contributed by atoms with Crippen LogP contribution in [0.1, 0.15) is 45.4 Å². The van der Waals surface area contributed by atoms with E-state index >= 15 is 0 Å². The number of hydrogen-bond acceptors (Lipinski definition) is 1. The Labute approximate surface area is 76.8 Å². The van der Waals surface area contributed by atoms with Crippen molar-refractivity contribution in [1.82, 2.24) is 0 Å². The summed E-state index contributed by atoms with van der Waals surface area (Å²) in [5.74, 6) is 0. The van der Waals surface area contributed by atoms with Gasteiger partial charge in [0.1, 0.15) is 0 Å². The van der Waals surface area contributed by atoms with E-state index in [-0.39, 0.29) is 0 Å². The van der Waals surface area contributed by atoms with Crippen LogP contribution in [0.15, 0.2) is 12.2 Å². The van der Waals surface area contributed by atoms with Crippen LogP contribution in [0.4, 0.5) is 0 Å². The van der Waals surface area contributed by atoms with Crippen LogP contribution in [0.5, 0.6) is 0 Å². The maximum absolute atomic E-state index is 4.69. The van der Waals surface area contributed by atoms with E-state index in [2.05, 4.69) is 30.9 Å². The van der Waals surface area contributed by atoms with E-state index in [1.807, 2.05) is 0 Å². The molecule has 0 aliphatic rings. The Balaban J connectivity index is 2.92. The molecule has 1 nitrogen and oxygen atoms in total. The summed E-state index contributed by atoms with van der Waals surface area (Å²) in [6.45, 7) is 2.98. The Morgan fingerprint density at radius 3 is 2.50 bits per heavy atom. The molecule has 71 valence electrons. The highest BCUT2D eigenvalue weighted by Gasteiger charge is 1.84. The minimum absolute atomic E-state index is 0.742. The zero-order chi connectivity index (χ0) is 9.07. The van der Waals surface area contributed by atoms with Gasteiger partial charge in [0.15, 0.2) is 0 Å². The quantitative estimate of drug-likeness (QED) is 0.397. The van der Waals surface area contributed by atoms with E-state index in [0.29, 0.717) is 0 Å². The zero-order valence-electron chi connectivity index (χ0n) is 8.22. The number of hydrogen-bond donors (Lipinski definition) is 0. The van der Waals surface area contributed by atoms with E-state index < -0.39 is 0 Å². The highest BCUT2D eigenvalue weighted by molar-refractivity contribution is 4.81. The molecule has 0 saturated heterocycles. The van der Waals surface area contributed by atoms with E-state index in [0.717, 1.165) is 13.0 Å². The van der Waals surface area contributed by atoms with Crippen molar-refractivity contribution in [3.05, 3.63) is 19.3 Å². The van der Waals surface area contributed by atoms with E-state index in [1.54, 1.807) is 0 Å². The molecule has 0 aromatic rings. The molecule has 0 heterocycles. The molecular formula is C11H21O. The lowest BCUT2D eigenvalue weighted by molar-refractivity contribution is 0.248. The van der Waals surface area contributed by atoms with Gasteiger partial charge in [-0.2, -0.15) is 0 Å². The zero-order valence-corrected chi connectivity index (χ0v) is 8.22. The number of ether oxygens (including phenoxy) is 1. The van der Waals surface area contributed by atoms with Gasteiger partial charge in [-0.05, 0) is 19.3 Å². The average Bonchev–Trinajstić information content (AvgIpc) is 2.10. The van der Waals surface area contributed by atoms with Crippen molar-refractivity contribution in [2.75, 3.05) is 6.61 Å². The van der Waals surface area contributed by atoms with Gasteiger partial charge in [0.25, 0.3) is 0 Å². The molecule has 0 bridgehead atoms. The third-order valence-corrected chi connectivity index (χ3v) is 1.82. The molecule has 0 fully saturated rings. The number of allylic oxidation sites excluding steroid dienone is 1. The lowest BCUT2D eigenvalue weighted by Gasteiger charge is -1.94. The monoisotopic (exact) mass is 169 g/mol. The molecule has 0 amide bonds. The molecule has 0 spiro atoms. The van der Waals surface area contributed by atoms with Gasteiger partial charge in [-0.1, -0.05) is 38.3 Å². The molecule has 0 aromatic heterocycles. The minimum Gasteiger partial charge on any atom is -0.379 e. The van der Waals surface area contributed by atoms with Crippen molar-refractivity contribution in [3.63, 3.8) is 0 Å². The summed E-state index contributed by atoms with van der Waals surface area (Å²) in [6.07, 6.45) is 12.0. The molecule has 12 heavy (non-hydrogen) atoms. The van der Waals surface area contributed by atoms with Crippen LogP contribution in [-0.2, 0) is 4.74 Å². The molecule has 0 atom stereocenters. The van der Waals surface area contributed by atoms with Gasteiger partial charge in [0, 0.05) is 0 Å². The first kappa shape index (κ1) is 11.7. The van der Waals surface area contributed by atoms with Crippen LogP contribution in [-0.4, -0.2) is 6.61 Å². The first-order valence-corrected chi connectivity index (χ1v) is 4.93. The van der Waals surface area contributed by atoms with E-state index in [4.69, 9.17) is 0 Å². The van der Waals surface area contributed by atoms with Gasteiger partial charge in [-0.25, -0.2) is 0 Å². The van der Waals surface area contributed by atoms with Gasteiger partial charge in [0.2, 0.25) is 0 Å². The van der Waals surface area contributed by atoms with Gasteiger partial charge in [-0.3, -0.25) is 0 Å². The summed E-state index contributed by atoms with van der Waals surface area (Å²) in [7, 11) is 3.31. The third kappa shape index (κ3) is 9.70. The Kier molecular flexibility index (Phi) is 10.4. The maximum atomic E-state index is 4.69. The number of rotatable bonds is 8. The van der Waals surface area contributed by atoms with Crippen molar-refractivity contribution < 1.29 is 4.74 Å². The largest absolute Gasteiger partial charge is 0.379 e. The lowest BCUT2D eigenvalue weighted by Crippen LogP contribution is -1.81. The first-order chi connectivity index (χ1) is 5.91. The smallest absolute Gasteiger partial charge is 0.0700 e. The summed E-state index contributed by atoms with van der Waals surface area (Å²) in [5.41, 5.74) is 0. The van der Waals surface area contributed by atoms with Gasteiger partial charge in [-0.15, -0.1) is 0 Å². The van der Waals surface area contributed by atoms with Crippen LogP contribution < -0.4 is 0 Å². The number of unbranched alkanes of at least 4 members (excludes halogenated alkanes) is 4. The Morgan fingerprint density at radius 2 is 1.83 bits per heavy atom. The fourth-order valence-corrected chi connectivity index (χ4v) is 1.08. The highest BCUT2D eigenvalue weighted by Crippen LogP contribution is 2.03. The average molecular weight is 169 g/mol. The van der Waals surface area contributed by atoms with Crippen molar-refractivity contribution in [2.45, 2.75) is 45.4 Å². The molecular weight excluding hydrogens is 148 g/mol. The molecule has 1 radical (unpaired) electrons. The summed E-state index contributed by atoms with van der Waals surface area (Å²) in [4.78, 5) is 0. The second-order valence-corrected chi connectivity index (χ2v) is 3.02. The van der Waals surface area contributed by atoms with Crippen molar-refractivity contribution in [1.29, 1.82) is 0 Å². The summed E-state index contributed by atoms with van der Waals surface area (Å²) >= 11 is 0. The van der Waals surface area contributed by atoms with Crippen LogP contribution in [0.3, 0.4) is 0 Å². The standard InChI is InChI=1S/C11H21O/c1-3-4-5-6-7-8-9-10-11-12-2/h8-9H,2-7,10-11H2,1H3/b9-8+. The van der Waals surface area contributed by atoms with Crippen LogP contribution in [0.25, 0.3) is 0 Å². The lowest BCUT2D eigenvalue weighted by atomic mass is 10.1. The van der Waals surface area contributed by atoms with E-state index in [9.17, 15) is 0 Å². The summed E-state index contributed by atoms with van der Waals surface area (Å²) in [5, 5.41) is 0. The van der Waals surface area contributed by atoms with Crippen LogP contribution in [0, 0.1) is 7.11 Å². The molecule has 0 rings (SSSR count). The van der Waals surface area contributed by atoms with Crippen molar-refractivity contribution in [3.8, 4) is 0 Å². The second kappa shape index (κ2) is 10.7. The topological polar surface area (TPSA) is 9.23 Å². The fraction of sp³-hybridized carbons (Fsp3) is 0.727.